The van der Waals surface area contributed by atoms with Crippen LogP contribution in [0.2, 0.25) is 0 Å². The molecule has 1 heterocycles. The van der Waals surface area contributed by atoms with Crippen LogP contribution in [0, 0.1) is 0 Å². The van der Waals surface area contributed by atoms with Crippen LogP contribution in [0.4, 0.5) is 0 Å². The van der Waals surface area contributed by atoms with Gasteiger partial charge >= 0.3 is 0 Å². The van der Waals surface area contributed by atoms with Crippen LogP contribution in [0.15, 0.2) is 71.8 Å². The summed E-state index contributed by atoms with van der Waals surface area (Å²) in [5.41, 5.74) is 2.43. The number of ether oxygens (including phenoxy) is 2. The van der Waals surface area contributed by atoms with E-state index >= 15 is 0 Å². The number of hydrogen-bond donors (Lipinski definition) is 1. The Morgan fingerprint density at radius 1 is 1.12 bits per heavy atom. The minimum Gasteiger partial charge on any atom is -0.490 e. The molecule has 1 N–H and O–H groups in total. The molecule has 1 aliphatic rings. The van der Waals surface area contributed by atoms with E-state index in [1.54, 1.807) is 18.2 Å². The van der Waals surface area contributed by atoms with E-state index in [9.17, 15) is 9.59 Å². The number of nitrogens with zero attached hydrogens (tertiary/aromatic N) is 1. The van der Waals surface area contributed by atoms with Crippen molar-refractivity contribution >= 4 is 51.2 Å². The molecule has 1 aliphatic heterocycles. The Hall–Kier alpha value is -3.23. The number of allylic oxidation sites excluding steroid dienone is 1. The molecule has 34 heavy (non-hydrogen) atoms. The molecule has 0 radical (unpaired) electrons. The number of carbonyl (C=O) groups excluding carboxylic acids is 2. The normalized spacial score (nSPS) is 14.7. The van der Waals surface area contributed by atoms with E-state index in [4.69, 9.17) is 21.7 Å². The van der Waals surface area contributed by atoms with E-state index in [1.807, 2.05) is 37.3 Å². The van der Waals surface area contributed by atoms with Gasteiger partial charge in [-0.3, -0.25) is 19.8 Å². The summed E-state index contributed by atoms with van der Waals surface area (Å²) in [4.78, 5) is 26.7. The molecule has 0 spiro atoms. The first-order valence-electron chi connectivity index (χ1n) is 10.7. The highest BCUT2D eigenvalue weighted by Gasteiger charge is 2.32. The van der Waals surface area contributed by atoms with E-state index < -0.39 is 11.8 Å². The van der Waals surface area contributed by atoms with Crippen LogP contribution in [0.3, 0.4) is 0 Å². The lowest BCUT2D eigenvalue weighted by atomic mass is 10.0. The second-order valence-electron chi connectivity index (χ2n) is 7.37. The number of amides is 2. The van der Waals surface area contributed by atoms with Gasteiger partial charge in [-0.25, -0.2) is 0 Å². The molecule has 1 fully saturated rings. The molecule has 1 saturated heterocycles. The van der Waals surface area contributed by atoms with E-state index in [2.05, 4.69) is 34.4 Å². The van der Waals surface area contributed by atoms with Crippen LogP contribution in [-0.4, -0.2) is 35.0 Å². The molecule has 0 bridgehead atoms. The molecule has 0 aromatic heterocycles. The summed E-state index contributed by atoms with van der Waals surface area (Å²) in [5, 5.41) is 2.62. The molecule has 2 aromatic carbocycles. The van der Waals surface area contributed by atoms with E-state index in [0.29, 0.717) is 36.7 Å². The number of thiocarbonyl (C=S) groups is 1. The third-order valence-corrected chi connectivity index (χ3v) is 5.77. The largest absolute Gasteiger partial charge is 0.490 e. The minimum absolute atomic E-state index is 0.0222. The average molecular weight is 541 g/mol. The van der Waals surface area contributed by atoms with Gasteiger partial charge in [-0.05, 0) is 67.0 Å². The van der Waals surface area contributed by atoms with E-state index in [0.717, 1.165) is 15.6 Å². The fourth-order valence-electron chi connectivity index (χ4n) is 3.39. The number of benzene rings is 2. The molecule has 2 aromatic rings. The molecule has 2 amide bonds. The Morgan fingerprint density at radius 2 is 1.85 bits per heavy atom. The SMILES string of the molecule is C=CCc1cc(/C=C2\C(=O)NC(=S)N(CC=C)C2=O)cc(OCC)c1OCc1ccc(Br)cc1. The Morgan fingerprint density at radius 3 is 2.50 bits per heavy atom. The second kappa shape index (κ2) is 11.8. The topological polar surface area (TPSA) is 67.9 Å². The highest BCUT2D eigenvalue weighted by Crippen LogP contribution is 2.35. The van der Waals surface area contributed by atoms with E-state index in [-0.39, 0.29) is 17.2 Å². The minimum atomic E-state index is -0.547. The summed E-state index contributed by atoms with van der Waals surface area (Å²) >= 11 is 8.55. The predicted octanol–water partition coefficient (Wildman–Crippen LogP) is 4.97. The fourth-order valence-corrected chi connectivity index (χ4v) is 3.91. The predicted molar refractivity (Wildman–Crippen MR) is 141 cm³/mol. The van der Waals surface area contributed by atoms with Crippen molar-refractivity contribution in [1.82, 2.24) is 10.2 Å². The van der Waals surface area contributed by atoms with Crippen molar-refractivity contribution < 1.29 is 19.1 Å². The van der Waals surface area contributed by atoms with Crippen molar-refractivity contribution in [3.05, 3.63) is 88.4 Å². The molecule has 8 heteroatoms. The third kappa shape index (κ3) is 6.01. The van der Waals surface area contributed by atoms with Crippen LogP contribution in [0.1, 0.15) is 23.6 Å². The maximum Gasteiger partial charge on any atom is 0.265 e. The first-order valence-corrected chi connectivity index (χ1v) is 11.9. The Balaban J connectivity index is 1.99. The average Bonchev–Trinajstić information content (AvgIpc) is 2.80. The van der Waals surface area contributed by atoms with Crippen LogP contribution in [0.25, 0.3) is 6.08 Å². The van der Waals surface area contributed by atoms with E-state index in [1.165, 1.54) is 11.0 Å². The quantitative estimate of drug-likeness (QED) is 0.199. The third-order valence-electron chi connectivity index (χ3n) is 4.92. The second-order valence-corrected chi connectivity index (χ2v) is 8.67. The van der Waals surface area contributed by atoms with Gasteiger partial charge in [-0.15, -0.1) is 13.2 Å². The molecule has 0 aliphatic carbocycles. The highest BCUT2D eigenvalue weighted by atomic mass is 79.9. The van der Waals surface area contributed by atoms with Crippen LogP contribution < -0.4 is 14.8 Å². The first kappa shape index (κ1) is 25.4. The van der Waals surface area contributed by atoms with Crippen LogP contribution in [0.5, 0.6) is 11.5 Å². The van der Waals surface area contributed by atoms with Crippen molar-refractivity contribution in [1.29, 1.82) is 0 Å². The molecule has 0 saturated carbocycles. The maximum atomic E-state index is 12.9. The Kier molecular flexibility index (Phi) is 8.79. The van der Waals surface area contributed by atoms with Crippen LogP contribution >= 0.6 is 28.1 Å². The molecular formula is C26H25BrN2O4S. The summed E-state index contributed by atoms with van der Waals surface area (Å²) < 4.78 is 13.0. The summed E-state index contributed by atoms with van der Waals surface area (Å²) in [5.74, 6) is 0.0928. The maximum absolute atomic E-state index is 12.9. The summed E-state index contributed by atoms with van der Waals surface area (Å²) in [6, 6.07) is 11.5. The van der Waals surface area contributed by atoms with Crippen molar-refractivity contribution in [2.45, 2.75) is 20.0 Å². The van der Waals surface area contributed by atoms with Gasteiger partial charge in [0.2, 0.25) is 0 Å². The zero-order valence-corrected chi connectivity index (χ0v) is 21.2. The smallest absolute Gasteiger partial charge is 0.265 e. The fraction of sp³-hybridized carbons (Fsp3) is 0.192. The Labute approximate surface area is 213 Å². The van der Waals surface area contributed by atoms with Gasteiger partial charge < -0.3 is 9.47 Å². The number of nitrogens with one attached hydrogen (secondary N) is 1. The monoisotopic (exact) mass is 540 g/mol. The number of carbonyl (C=O) groups is 2. The van der Waals surface area contributed by atoms with Gasteiger partial charge in [0.05, 0.1) is 6.61 Å². The zero-order valence-electron chi connectivity index (χ0n) is 18.8. The zero-order chi connectivity index (χ0) is 24.7. The number of hydrogen-bond acceptors (Lipinski definition) is 5. The summed E-state index contributed by atoms with van der Waals surface area (Å²) in [7, 11) is 0. The summed E-state index contributed by atoms with van der Waals surface area (Å²) in [6.45, 7) is 10.3. The van der Waals surface area contributed by atoms with Crippen molar-refractivity contribution in [3.8, 4) is 11.5 Å². The lowest BCUT2D eigenvalue weighted by Gasteiger charge is -2.27. The van der Waals surface area contributed by atoms with Gasteiger partial charge in [-0.2, -0.15) is 0 Å². The van der Waals surface area contributed by atoms with Gasteiger partial charge in [-0.1, -0.05) is 40.2 Å². The van der Waals surface area contributed by atoms with Gasteiger partial charge in [0.15, 0.2) is 16.6 Å². The van der Waals surface area contributed by atoms with Gasteiger partial charge in [0, 0.05) is 16.6 Å². The Bertz CT molecular complexity index is 1160. The lowest BCUT2D eigenvalue weighted by molar-refractivity contribution is -0.128. The summed E-state index contributed by atoms with van der Waals surface area (Å²) in [6.07, 6.45) is 5.35. The lowest BCUT2D eigenvalue weighted by Crippen LogP contribution is -2.53. The number of rotatable bonds is 10. The first-order chi connectivity index (χ1) is 16.4. The molecular weight excluding hydrogens is 516 g/mol. The highest BCUT2D eigenvalue weighted by molar-refractivity contribution is 9.10. The van der Waals surface area contributed by atoms with Gasteiger partial charge in [0.1, 0.15) is 12.2 Å². The molecule has 0 atom stereocenters. The van der Waals surface area contributed by atoms with Crippen molar-refractivity contribution in [2.24, 2.45) is 0 Å². The number of halogens is 1. The molecule has 3 rings (SSSR count). The molecule has 176 valence electrons. The standard InChI is InChI=1S/C26H25BrN2O4S/c1-4-7-19-13-18(14-21-24(30)28-26(34)29(12-5-2)25(21)31)15-22(32-6-3)23(19)33-16-17-8-10-20(27)11-9-17/h4-5,8-11,13-15H,1-2,6-7,12,16H2,3H3,(H,28,30,34)/b21-14+. The van der Waals surface area contributed by atoms with Crippen molar-refractivity contribution in [2.75, 3.05) is 13.2 Å². The molecule has 6 nitrogen and oxygen atoms in total. The van der Waals surface area contributed by atoms with Gasteiger partial charge in [0.25, 0.3) is 11.8 Å². The molecule has 0 unspecified atom stereocenters. The van der Waals surface area contributed by atoms with Crippen molar-refractivity contribution in [3.63, 3.8) is 0 Å². The van der Waals surface area contributed by atoms with Crippen LogP contribution in [-0.2, 0) is 22.6 Å².